The zero-order valence-corrected chi connectivity index (χ0v) is 16.7. The van der Waals surface area contributed by atoms with Crippen molar-refractivity contribution < 1.29 is 18.3 Å². The van der Waals surface area contributed by atoms with E-state index < -0.39 is 11.6 Å². The number of hydrogen-bond acceptors (Lipinski definition) is 5. The Labute approximate surface area is 177 Å². The van der Waals surface area contributed by atoms with Gasteiger partial charge in [0, 0.05) is 18.7 Å². The molecule has 2 aliphatic heterocycles. The van der Waals surface area contributed by atoms with Gasteiger partial charge in [-0.1, -0.05) is 0 Å². The summed E-state index contributed by atoms with van der Waals surface area (Å²) in [6.45, 7) is 1.07. The Morgan fingerprint density at radius 3 is 2.61 bits per heavy atom. The first kappa shape index (κ1) is 19.6. The van der Waals surface area contributed by atoms with Crippen molar-refractivity contribution in [1.29, 1.82) is 0 Å². The largest absolute Gasteiger partial charge is 0.477 e. The van der Waals surface area contributed by atoms with Gasteiger partial charge >= 0.3 is 0 Å². The Bertz CT molecular complexity index is 1070. The first-order chi connectivity index (χ1) is 15.1. The van der Waals surface area contributed by atoms with Crippen LogP contribution in [-0.2, 0) is 0 Å². The number of fused-ring (bicyclic) bond motifs is 3. The summed E-state index contributed by atoms with van der Waals surface area (Å²) in [6, 6.07) is 6.98. The molecule has 9 heteroatoms. The maximum absolute atomic E-state index is 14.0. The molecule has 1 saturated carbocycles. The first-order valence-corrected chi connectivity index (χ1v) is 10.3. The van der Waals surface area contributed by atoms with Gasteiger partial charge in [-0.05, 0) is 55.4 Å². The highest BCUT2D eigenvalue weighted by Gasteiger charge is 2.43. The van der Waals surface area contributed by atoms with E-state index in [2.05, 4.69) is 15.2 Å². The van der Waals surface area contributed by atoms with Crippen molar-refractivity contribution in [3.8, 4) is 11.6 Å². The Balaban J connectivity index is 1.31. The summed E-state index contributed by atoms with van der Waals surface area (Å²) >= 11 is 0. The molecule has 2 aromatic heterocycles. The van der Waals surface area contributed by atoms with Crippen LogP contribution in [-0.4, -0.2) is 50.0 Å². The minimum Gasteiger partial charge on any atom is -0.477 e. The van der Waals surface area contributed by atoms with E-state index in [1.54, 1.807) is 0 Å². The Hall–Kier alpha value is -3.36. The zero-order chi connectivity index (χ0) is 21.4. The SMILES string of the molecule is O=C(c1cc(F)ccc1-n1nccn1)N1CC2CCC1CC2COc1ccc(F)cn1. The predicted molar refractivity (Wildman–Crippen MR) is 107 cm³/mol. The van der Waals surface area contributed by atoms with E-state index in [4.69, 9.17) is 4.74 Å². The fraction of sp³-hybridized carbons (Fsp3) is 0.364. The van der Waals surface area contributed by atoms with Crippen molar-refractivity contribution in [3.05, 3.63) is 66.1 Å². The van der Waals surface area contributed by atoms with Crippen LogP contribution in [0.3, 0.4) is 0 Å². The van der Waals surface area contributed by atoms with Crippen LogP contribution in [0.15, 0.2) is 48.9 Å². The molecule has 4 heterocycles. The van der Waals surface area contributed by atoms with Crippen molar-refractivity contribution in [1.82, 2.24) is 24.9 Å². The number of ether oxygens (including phenoxy) is 1. The zero-order valence-electron chi connectivity index (χ0n) is 16.7. The second-order valence-electron chi connectivity index (χ2n) is 8.05. The van der Waals surface area contributed by atoms with E-state index in [1.807, 2.05) is 4.90 Å². The van der Waals surface area contributed by atoms with Gasteiger partial charge in [-0.2, -0.15) is 15.0 Å². The van der Waals surface area contributed by atoms with Gasteiger partial charge in [-0.3, -0.25) is 4.79 Å². The highest BCUT2D eigenvalue weighted by Crippen LogP contribution is 2.40. The van der Waals surface area contributed by atoms with E-state index in [9.17, 15) is 13.6 Å². The standard InChI is InChI=1S/C22H21F2N5O2/c23-16-2-5-20(29-26-7-8-27-29)19(10-16)22(30)28-12-14-1-4-18(28)9-15(14)13-31-21-6-3-17(24)11-25-21/h2-3,5-8,10-11,14-15,18H,1,4,9,12-13H2. The summed E-state index contributed by atoms with van der Waals surface area (Å²) in [6.07, 6.45) is 6.89. The van der Waals surface area contributed by atoms with E-state index in [-0.39, 0.29) is 29.3 Å². The number of rotatable bonds is 5. The van der Waals surface area contributed by atoms with Crippen LogP contribution < -0.4 is 4.74 Å². The number of carbonyl (C=O) groups is 1. The van der Waals surface area contributed by atoms with E-state index in [1.165, 1.54) is 47.5 Å². The van der Waals surface area contributed by atoms with E-state index in [0.717, 1.165) is 25.5 Å². The van der Waals surface area contributed by atoms with E-state index in [0.29, 0.717) is 24.7 Å². The van der Waals surface area contributed by atoms with Gasteiger partial charge in [-0.15, -0.1) is 0 Å². The normalized spacial score (nSPS) is 22.5. The average molecular weight is 425 g/mol. The topological polar surface area (TPSA) is 73.1 Å². The van der Waals surface area contributed by atoms with Crippen LogP contribution in [0.1, 0.15) is 29.6 Å². The number of hydrogen-bond donors (Lipinski definition) is 0. The third-order valence-electron chi connectivity index (χ3n) is 6.21. The molecule has 2 bridgehead atoms. The van der Waals surface area contributed by atoms with Gasteiger partial charge < -0.3 is 9.64 Å². The number of piperidine rings is 2. The van der Waals surface area contributed by atoms with Gasteiger partial charge in [-0.25, -0.2) is 13.8 Å². The Morgan fingerprint density at radius 1 is 1.10 bits per heavy atom. The minimum atomic E-state index is -0.473. The molecule has 3 atom stereocenters. The smallest absolute Gasteiger partial charge is 0.256 e. The first-order valence-electron chi connectivity index (χ1n) is 10.3. The van der Waals surface area contributed by atoms with Crippen LogP contribution in [0.2, 0.25) is 0 Å². The van der Waals surface area contributed by atoms with Crippen LogP contribution in [0.4, 0.5) is 8.78 Å². The molecule has 3 aromatic rings. The molecular formula is C22H21F2N5O2. The molecule has 3 unspecified atom stereocenters. The van der Waals surface area contributed by atoms with Crippen molar-refractivity contribution in [2.24, 2.45) is 11.8 Å². The number of pyridine rings is 1. The van der Waals surface area contributed by atoms with Gasteiger partial charge in [0.1, 0.15) is 11.6 Å². The average Bonchev–Trinajstić information content (AvgIpc) is 3.33. The van der Waals surface area contributed by atoms with Crippen molar-refractivity contribution in [2.45, 2.75) is 25.3 Å². The maximum atomic E-state index is 14.0. The highest BCUT2D eigenvalue weighted by atomic mass is 19.1. The van der Waals surface area contributed by atoms with Gasteiger partial charge in [0.2, 0.25) is 5.88 Å². The van der Waals surface area contributed by atoms with Crippen molar-refractivity contribution >= 4 is 5.91 Å². The van der Waals surface area contributed by atoms with Gasteiger partial charge in [0.05, 0.1) is 36.4 Å². The Morgan fingerprint density at radius 2 is 1.90 bits per heavy atom. The molecule has 0 spiro atoms. The number of benzene rings is 1. The predicted octanol–water partition coefficient (Wildman–Crippen LogP) is 3.26. The summed E-state index contributed by atoms with van der Waals surface area (Å²) < 4.78 is 32.8. The molecule has 0 radical (unpaired) electrons. The second kappa shape index (κ2) is 8.05. The molecular weight excluding hydrogens is 404 g/mol. The van der Waals surface area contributed by atoms with Gasteiger partial charge in [0.25, 0.3) is 5.91 Å². The summed E-state index contributed by atoms with van der Waals surface area (Å²) in [5, 5.41) is 8.18. The summed E-state index contributed by atoms with van der Waals surface area (Å²) in [5.74, 6) is -0.114. The number of halogens is 2. The van der Waals surface area contributed by atoms with Crippen LogP contribution in [0, 0.1) is 23.5 Å². The van der Waals surface area contributed by atoms with E-state index >= 15 is 0 Å². The van der Waals surface area contributed by atoms with Crippen LogP contribution in [0.25, 0.3) is 5.69 Å². The third-order valence-corrected chi connectivity index (χ3v) is 6.21. The second-order valence-corrected chi connectivity index (χ2v) is 8.05. The molecule has 0 N–H and O–H groups in total. The fourth-order valence-electron chi connectivity index (χ4n) is 4.67. The maximum Gasteiger partial charge on any atom is 0.256 e. The Kier molecular flexibility index (Phi) is 5.09. The molecule has 160 valence electrons. The molecule has 3 fully saturated rings. The minimum absolute atomic E-state index is 0.0639. The number of amides is 1. The number of carbonyl (C=O) groups excluding carboxylic acids is 1. The van der Waals surface area contributed by atoms with Crippen molar-refractivity contribution in [2.75, 3.05) is 13.2 Å². The summed E-state index contributed by atoms with van der Waals surface area (Å²) in [4.78, 5) is 20.5. The molecule has 6 rings (SSSR count). The lowest BCUT2D eigenvalue weighted by Gasteiger charge is -2.49. The lowest BCUT2D eigenvalue weighted by Crippen LogP contribution is -2.55. The molecule has 1 amide bonds. The molecule has 1 aromatic carbocycles. The van der Waals surface area contributed by atoms with Gasteiger partial charge in [0.15, 0.2) is 0 Å². The summed E-state index contributed by atoms with van der Waals surface area (Å²) in [5.41, 5.74) is 0.715. The van der Waals surface area contributed by atoms with Crippen LogP contribution in [0.5, 0.6) is 5.88 Å². The number of nitrogens with zero attached hydrogens (tertiary/aromatic N) is 5. The van der Waals surface area contributed by atoms with Crippen molar-refractivity contribution in [3.63, 3.8) is 0 Å². The quantitative estimate of drug-likeness (QED) is 0.628. The molecule has 31 heavy (non-hydrogen) atoms. The summed E-state index contributed by atoms with van der Waals surface area (Å²) in [7, 11) is 0. The lowest BCUT2D eigenvalue weighted by molar-refractivity contribution is -0.00477. The molecule has 7 nitrogen and oxygen atoms in total. The number of aromatic nitrogens is 4. The third kappa shape index (κ3) is 3.87. The lowest BCUT2D eigenvalue weighted by atomic mass is 9.72. The van der Waals surface area contributed by atoms with Crippen LogP contribution >= 0.6 is 0 Å². The molecule has 2 saturated heterocycles. The molecule has 1 aliphatic carbocycles. The monoisotopic (exact) mass is 425 g/mol. The fourth-order valence-corrected chi connectivity index (χ4v) is 4.67. The highest BCUT2D eigenvalue weighted by molar-refractivity contribution is 5.98. The molecule has 3 aliphatic rings.